The van der Waals surface area contributed by atoms with Crippen LogP contribution in [0.3, 0.4) is 0 Å². The Labute approximate surface area is 108 Å². The number of esters is 1. The van der Waals surface area contributed by atoms with Crippen LogP contribution >= 0.6 is 0 Å². The van der Waals surface area contributed by atoms with E-state index in [-0.39, 0.29) is 31.4 Å². The summed E-state index contributed by atoms with van der Waals surface area (Å²) in [6.45, 7) is 1.81. The van der Waals surface area contributed by atoms with Crippen LogP contribution in [0.1, 0.15) is 23.8 Å². The van der Waals surface area contributed by atoms with Gasteiger partial charge in [-0.1, -0.05) is 0 Å². The number of ether oxygens (including phenoxy) is 1. The van der Waals surface area contributed by atoms with Crippen LogP contribution in [0.15, 0.2) is 4.79 Å². The summed E-state index contributed by atoms with van der Waals surface area (Å²) >= 11 is 0. The highest BCUT2D eigenvalue weighted by atomic mass is 16.5. The lowest BCUT2D eigenvalue weighted by molar-refractivity contribution is -0.119. The molecule has 0 aromatic carbocycles. The Morgan fingerprint density at radius 1 is 1.47 bits per heavy atom. The number of aromatic hydroxyl groups is 1. The van der Waals surface area contributed by atoms with Crippen LogP contribution < -0.4 is 10.5 Å². The Morgan fingerprint density at radius 2 is 2.16 bits per heavy atom. The molecule has 1 amide bonds. The third kappa shape index (κ3) is 2.05. The molecule has 8 nitrogen and oxygen atoms in total. The summed E-state index contributed by atoms with van der Waals surface area (Å²) in [4.78, 5) is 40.1. The summed E-state index contributed by atoms with van der Waals surface area (Å²) in [5.74, 6) is -1.84. The molecule has 2 heterocycles. The zero-order valence-corrected chi connectivity index (χ0v) is 10.5. The minimum atomic E-state index is -0.896. The fraction of sp³-hybridized carbons (Fsp3) is 0.455. The van der Waals surface area contributed by atoms with Crippen molar-refractivity contribution in [3.05, 3.63) is 16.0 Å². The van der Waals surface area contributed by atoms with Crippen molar-refractivity contribution >= 4 is 17.8 Å². The second kappa shape index (κ2) is 4.71. The van der Waals surface area contributed by atoms with E-state index in [1.807, 2.05) is 0 Å². The monoisotopic (exact) mass is 267 g/mol. The molecule has 0 saturated carbocycles. The minimum absolute atomic E-state index is 0.0297. The number of hydrogen-bond acceptors (Lipinski definition) is 6. The summed E-state index contributed by atoms with van der Waals surface area (Å²) in [6.07, 6.45) is 0.142. The van der Waals surface area contributed by atoms with E-state index in [0.29, 0.717) is 0 Å². The molecule has 0 aliphatic carbocycles. The van der Waals surface area contributed by atoms with Crippen LogP contribution in [0.2, 0.25) is 0 Å². The average molecular weight is 267 g/mol. The first-order valence-corrected chi connectivity index (χ1v) is 5.74. The maximum Gasteiger partial charge on any atom is 0.361 e. The Morgan fingerprint density at radius 3 is 2.79 bits per heavy atom. The van der Waals surface area contributed by atoms with Crippen molar-refractivity contribution in [2.24, 2.45) is 0 Å². The van der Waals surface area contributed by atoms with E-state index in [2.05, 4.69) is 4.98 Å². The van der Waals surface area contributed by atoms with Gasteiger partial charge in [0.15, 0.2) is 5.69 Å². The molecular formula is C11H13N3O5. The van der Waals surface area contributed by atoms with Crippen molar-refractivity contribution in [1.82, 2.24) is 9.55 Å². The number of fused-ring (bicyclic) bond motifs is 1. The normalized spacial score (nSPS) is 14.2. The quantitative estimate of drug-likeness (QED) is 0.724. The Balaban J connectivity index is 2.61. The van der Waals surface area contributed by atoms with E-state index in [0.717, 1.165) is 4.57 Å². The molecule has 1 N–H and O–H groups in total. The van der Waals surface area contributed by atoms with E-state index in [4.69, 9.17) is 4.74 Å². The van der Waals surface area contributed by atoms with Crippen LogP contribution in [0, 0.1) is 0 Å². The van der Waals surface area contributed by atoms with Crippen molar-refractivity contribution in [2.75, 3.05) is 18.6 Å². The molecule has 8 heteroatoms. The summed E-state index contributed by atoms with van der Waals surface area (Å²) in [6, 6.07) is 0. The fourth-order valence-electron chi connectivity index (χ4n) is 1.82. The topological polar surface area (TPSA) is 102 Å². The molecule has 0 radical (unpaired) electrons. The van der Waals surface area contributed by atoms with Crippen LogP contribution in [-0.2, 0) is 16.1 Å². The predicted octanol–water partition coefficient (Wildman–Crippen LogP) is -0.508. The van der Waals surface area contributed by atoms with E-state index in [9.17, 15) is 19.5 Å². The molecule has 0 spiro atoms. The molecule has 0 fully saturated rings. The smallest absolute Gasteiger partial charge is 0.361 e. The van der Waals surface area contributed by atoms with E-state index in [1.165, 1.54) is 11.9 Å². The van der Waals surface area contributed by atoms with E-state index >= 15 is 0 Å². The third-order valence-electron chi connectivity index (χ3n) is 2.82. The highest BCUT2D eigenvalue weighted by Crippen LogP contribution is 2.20. The molecule has 2 rings (SSSR count). The van der Waals surface area contributed by atoms with Gasteiger partial charge in [0.1, 0.15) is 0 Å². The third-order valence-corrected chi connectivity index (χ3v) is 2.82. The van der Waals surface area contributed by atoms with Gasteiger partial charge in [-0.3, -0.25) is 19.1 Å². The first-order chi connectivity index (χ1) is 8.97. The number of carbonyl (C=O) groups excluding carboxylic acids is 2. The fourth-order valence-corrected chi connectivity index (χ4v) is 1.82. The molecular weight excluding hydrogens is 254 g/mol. The summed E-state index contributed by atoms with van der Waals surface area (Å²) < 4.78 is 5.86. The zero-order chi connectivity index (χ0) is 14.2. The molecule has 1 aromatic heterocycles. The Hall–Kier alpha value is -2.38. The molecule has 19 heavy (non-hydrogen) atoms. The number of carbonyl (C=O) groups is 2. The van der Waals surface area contributed by atoms with Gasteiger partial charge in [-0.05, 0) is 6.92 Å². The maximum atomic E-state index is 11.9. The van der Waals surface area contributed by atoms with Crippen LogP contribution in [0.5, 0.6) is 5.75 Å². The molecule has 1 aromatic rings. The van der Waals surface area contributed by atoms with E-state index in [1.54, 1.807) is 6.92 Å². The second-order valence-corrected chi connectivity index (χ2v) is 3.99. The molecule has 1 aliphatic rings. The van der Waals surface area contributed by atoms with Gasteiger partial charge < -0.3 is 9.84 Å². The van der Waals surface area contributed by atoms with Gasteiger partial charge in [0.2, 0.25) is 17.6 Å². The number of nitrogens with zero attached hydrogens (tertiary/aromatic N) is 3. The van der Waals surface area contributed by atoms with Gasteiger partial charge in [-0.15, -0.1) is 0 Å². The van der Waals surface area contributed by atoms with Crippen molar-refractivity contribution < 1.29 is 19.4 Å². The summed E-state index contributed by atoms with van der Waals surface area (Å²) in [7, 11) is 1.45. The van der Waals surface area contributed by atoms with Crippen molar-refractivity contribution in [1.29, 1.82) is 0 Å². The zero-order valence-electron chi connectivity index (χ0n) is 10.5. The number of rotatable bonds is 2. The summed E-state index contributed by atoms with van der Waals surface area (Å²) in [5.41, 5.74) is -1.23. The lowest BCUT2D eigenvalue weighted by atomic mass is 10.3. The largest absolute Gasteiger partial charge is 0.501 e. The second-order valence-electron chi connectivity index (χ2n) is 3.99. The van der Waals surface area contributed by atoms with Crippen molar-refractivity contribution in [3.8, 4) is 5.75 Å². The molecule has 1 aliphatic heterocycles. The number of amides is 1. The van der Waals surface area contributed by atoms with Crippen molar-refractivity contribution in [2.45, 2.75) is 19.9 Å². The molecule has 0 saturated heterocycles. The predicted molar refractivity (Wildman–Crippen MR) is 64.1 cm³/mol. The maximum absolute atomic E-state index is 11.9. The lowest BCUT2D eigenvalue weighted by Gasteiger charge is -2.25. The Bertz CT molecular complexity index is 607. The van der Waals surface area contributed by atoms with Crippen LogP contribution in [0.4, 0.5) is 5.95 Å². The van der Waals surface area contributed by atoms with Gasteiger partial charge >= 0.3 is 5.97 Å². The van der Waals surface area contributed by atoms with Crippen LogP contribution in [-0.4, -0.2) is 40.2 Å². The number of anilines is 1. The highest BCUT2D eigenvalue weighted by Gasteiger charge is 2.28. The molecule has 0 atom stereocenters. The lowest BCUT2D eigenvalue weighted by Crippen LogP contribution is -2.40. The van der Waals surface area contributed by atoms with E-state index < -0.39 is 23.0 Å². The molecule has 0 unspecified atom stereocenters. The summed E-state index contributed by atoms with van der Waals surface area (Å²) in [5, 5.41) is 9.70. The standard InChI is InChI=1S/C11H13N3O5/c1-3-19-10(18)7-8(16)9(17)14-5-4-6(15)13(2)11(14)12-7/h16H,3-5H2,1-2H3. The average Bonchev–Trinajstić information content (AvgIpc) is 2.38. The number of aromatic nitrogens is 2. The van der Waals surface area contributed by atoms with Gasteiger partial charge in [-0.2, -0.15) is 0 Å². The van der Waals surface area contributed by atoms with Crippen LogP contribution in [0.25, 0.3) is 0 Å². The first kappa shape index (κ1) is 13.1. The highest BCUT2D eigenvalue weighted by molar-refractivity contribution is 5.94. The molecule has 102 valence electrons. The SMILES string of the molecule is CCOC(=O)c1nc2n(c(=O)c1O)CCC(=O)N2C. The van der Waals surface area contributed by atoms with Gasteiger partial charge in [0.05, 0.1) is 6.61 Å². The molecule has 0 bridgehead atoms. The first-order valence-electron chi connectivity index (χ1n) is 5.74. The number of hydrogen-bond donors (Lipinski definition) is 1. The van der Waals surface area contributed by atoms with Crippen molar-refractivity contribution in [3.63, 3.8) is 0 Å². The van der Waals surface area contributed by atoms with Gasteiger partial charge in [0, 0.05) is 20.0 Å². The Kier molecular flexibility index (Phi) is 3.24. The minimum Gasteiger partial charge on any atom is -0.501 e. The van der Waals surface area contributed by atoms with Gasteiger partial charge in [0.25, 0.3) is 5.56 Å². The van der Waals surface area contributed by atoms with Gasteiger partial charge in [-0.25, -0.2) is 9.78 Å².